The highest BCUT2D eigenvalue weighted by molar-refractivity contribution is 7.87. The summed E-state index contributed by atoms with van der Waals surface area (Å²) < 4.78 is 29.6. The fourth-order valence-corrected chi connectivity index (χ4v) is 1.46. The second-order valence-electron chi connectivity index (χ2n) is 2.59. The minimum absolute atomic E-state index is 0.760. The van der Waals surface area contributed by atoms with Crippen LogP contribution in [0.3, 0.4) is 0 Å². The molecule has 2 atom stereocenters. The van der Waals surface area contributed by atoms with E-state index < -0.39 is 39.7 Å². The van der Waals surface area contributed by atoms with E-state index in [0.717, 1.165) is 0 Å². The molecule has 14 heavy (non-hydrogen) atoms. The van der Waals surface area contributed by atoms with Crippen molar-refractivity contribution in [2.45, 2.75) is 17.7 Å². The summed E-state index contributed by atoms with van der Waals surface area (Å²) in [7, 11) is -4.71. The Labute approximate surface area is 79.6 Å². The van der Waals surface area contributed by atoms with Crippen LogP contribution >= 0.6 is 0 Å². The first kappa shape index (κ1) is 12.8. The van der Waals surface area contributed by atoms with Crippen LogP contribution in [0.2, 0.25) is 0 Å². The van der Waals surface area contributed by atoms with E-state index in [1.54, 1.807) is 0 Å². The SMILES string of the molecule is NC(=O)C(C[C@H](N)C(=O)O)S(=O)(=O)O. The molecule has 0 aliphatic carbocycles. The van der Waals surface area contributed by atoms with Crippen LogP contribution < -0.4 is 11.5 Å². The van der Waals surface area contributed by atoms with Crippen LogP contribution in [-0.2, 0) is 19.7 Å². The van der Waals surface area contributed by atoms with Crippen molar-refractivity contribution in [3.8, 4) is 0 Å². The maximum Gasteiger partial charge on any atom is 0.320 e. The fraction of sp³-hybridized carbons (Fsp3) is 0.600. The van der Waals surface area contributed by atoms with Gasteiger partial charge in [0.05, 0.1) is 0 Å². The largest absolute Gasteiger partial charge is 0.480 e. The van der Waals surface area contributed by atoms with Crippen LogP contribution in [0, 0.1) is 0 Å². The lowest BCUT2D eigenvalue weighted by Gasteiger charge is -2.12. The topological polar surface area (TPSA) is 161 Å². The number of hydrogen-bond acceptors (Lipinski definition) is 5. The highest BCUT2D eigenvalue weighted by Gasteiger charge is 2.32. The molecule has 82 valence electrons. The number of carbonyl (C=O) groups excluding carboxylic acids is 1. The Hall–Kier alpha value is -1.19. The third-order valence-corrected chi connectivity index (χ3v) is 2.61. The standard InChI is InChI=1S/C5H10N2O6S/c6-2(5(9)10)1-3(4(7)8)14(11,12)13/h2-3H,1,6H2,(H2,7,8)(H,9,10)(H,11,12,13)/t2-,3?/m0/s1. The number of carboxylic acids is 1. The maximum absolute atomic E-state index is 10.5. The van der Waals surface area contributed by atoms with Gasteiger partial charge in [-0.1, -0.05) is 0 Å². The number of amides is 1. The number of nitrogens with two attached hydrogens (primary N) is 2. The zero-order chi connectivity index (χ0) is 11.5. The van der Waals surface area contributed by atoms with Gasteiger partial charge in [0.25, 0.3) is 10.1 Å². The second-order valence-corrected chi connectivity index (χ2v) is 4.19. The molecule has 0 bridgehead atoms. The normalized spacial score (nSPS) is 15.9. The van der Waals surface area contributed by atoms with Gasteiger partial charge in [-0.15, -0.1) is 0 Å². The van der Waals surface area contributed by atoms with Crippen LogP contribution in [0.25, 0.3) is 0 Å². The van der Waals surface area contributed by atoms with E-state index in [0.29, 0.717) is 0 Å². The van der Waals surface area contributed by atoms with Gasteiger partial charge in [-0.05, 0) is 0 Å². The average Bonchev–Trinajstić information content (AvgIpc) is 1.96. The van der Waals surface area contributed by atoms with E-state index in [9.17, 15) is 18.0 Å². The van der Waals surface area contributed by atoms with E-state index >= 15 is 0 Å². The quantitative estimate of drug-likeness (QED) is 0.377. The minimum Gasteiger partial charge on any atom is -0.480 e. The van der Waals surface area contributed by atoms with Gasteiger partial charge in [0.15, 0.2) is 5.25 Å². The molecule has 0 aliphatic rings. The molecule has 0 aromatic rings. The molecule has 0 heterocycles. The zero-order valence-electron chi connectivity index (χ0n) is 6.95. The maximum atomic E-state index is 10.5. The fourth-order valence-electron chi connectivity index (χ4n) is 0.716. The Kier molecular flexibility index (Phi) is 3.98. The number of hydrogen-bond donors (Lipinski definition) is 4. The molecule has 0 radical (unpaired) electrons. The molecule has 0 saturated heterocycles. The first-order chi connectivity index (χ1) is 6.16. The summed E-state index contributed by atoms with van der Waals surface area (Å²) in [5.41, 5.74) is 9.61. The molecular formula is C5H10N2O6S. The highest BCUT2D eigenvalue weighted by atomic mass is 32.2. The van der Waals surface area contributed by atoms with Crippen molar-refractivity contribution in [2.24, 2.45) is 11.5 Å². The molecule has 0 aromatic carbocycles. The molecule has 8 nitrogen and oxygen atoms in total. The summed E-state index contributed by atoms with van der Waals surface area (Å²) in [5, 5.41) is 6.33. The summed E-state index contributed by atoms with van der Waals surface area (Å²) in [5.74, 6) is -2.83. The Morgan fingerprint density at radius 3 is 2.00 bits per heavy atom. The minimum atomic E-state index is -4.71. The van der Waals surface area contributed by atoms with Crippen molar-refractivity contribution in [2.75, 3.05) is 0 Å². The molecular weight excluding hydrogens is 216 g/mol. The smallest absolute Gasteiger partial charge is 0.320 e. The van der Waals surface area contributed by atoms with Gasteiger partial charge < -0.3 is 16.6 Å². The van der Waals surface area contributed by atoms with Gasteiger partial charge in [0.1, 0.15) is 6.04 Å². The van der Waals surface area contributed by atoms with E-state index in [-0.39, 0.29) is 0 Å². The summed E-state index contributed by atoms with van der Waals surface area (Å²) in [6, 6.07) is -1.57. The predicted octanol–water partition coefficient (Wildman–Crippen LogP) is -2.47. The second kappa shape index (κ2) is 4.35. The van der Waals surface area contributed by atoms with Crippen molar-refractivity contribution < 1.29 is 27.7 Å². The molecule has 0 spiro atoms. The van der Waals surface area contributed by atoms with Gasteiger partial charge in [0.2, 0.25) is 5.91 Å². The van der Waals surface area contributed by atoms with E-state index in [2.05, 4.69) is 5.73 Å². The molecule has 1 amide bonds. The average molecular weight is 226 g/mol. The Morgan fingerprint density at radius 2 is 1.79 bits per heavy atom. The molecule has 0 fully saturated rings. The third kappa shape index (κ3) is 3.68. The van der Waals surface area contributed by atoms with E-state index in [1.807, 2.05) is 0 Å². The first-order valence-corrected chi connectivity index (χ1v) is 4.90. The molecule has 9 heteroatoms. The van der Waals surface area contributed by atoms with E-state index in [1.165, 1.54) is 0 Å². The van der Waals surface area contributed by atoms with Crippen LogP contribution in [0.4, 0.5) is 0 Å². The molecule has 0 saturated carbocycles. The van der Waals surface area contributed by atoms with Crippen LogP contribution in [0.5, 0.6) is 0 Å². The molecule has 6 N–H and O–H groups in total. The van der Waals surface area contributed by atoms with Crippen LogP contribution in [-0.4, -0.2) is 41.2 Å². The van der Waals surface area contributed by atoms with E-state index in [4.69, 9.17) is 15.4 Å². The zero-order valence-corrected chi connectivity index (χ0v) is 7.77. The van der Waals surface area contributed by atoms with Crippen molar-refractivity contribution >= 4 is 22.0 Å². The number of primary amides is 1. The lowest BCUT2D eigenvalue weighted by Crippen LogP contribution is -2.43. The number of carboxylic acid groups (broad SMARTS) is 1. The molecule has 0 aliphatic heterocycles. The lowest BCUT2D eigenvalue weighted by molar-refractivity contribution is -0.138. The summed E-state index contributed by atoms with van der Waals surface area (Å²) in [6.07, 6.45) is -0.760. The highest BCUT2D eigenvalue weighted by Crippen LogP contribution is 2.06. The molecule has 1 unspecified atom stereocenters. The van der Waals surface area contributed by atoms with Gasteiger partial charge >= 0.3 is 5.97 Å². The summed E-state index contributed by atoms with van der Waals surface area (Å²) in [4.78, 5) is 20.8. The van der Waals surface area contributed by atoms with Crippen LogP contribution in [0.1, 0.15) is 6.42 Å². The van der Waals surface area contributed by atoms with Gasteiger partial charge in [-0.2, -0.15) is 8.42 Å². The van der Waals surface area contributed by atoms with Crippen molar-refractivity contribution in [1.82, 2.24) is 0 Å². The summed E-state index contributed by atoms with van der Waals surface area (Å²) in [6.45, 7) is 0. The Balaban J connectivity index is 4.73. The summed E-state index contributed by atoms with van der Waals surface area (Å²) >= 11 is 0. The van der Waals surface area contributed by atoms with Crippen molar-refractivity contribution in [3.05, 3.63) is 0 Å². The van der Waals surface area contributed by atoms with Crippen molar-refractivity contribution in [3.63, 3.8) is 0 Å². The molecule has 0 aromatic heterocycles. The molecule has 0 rings (SSSR count). The number of carbonyl (C=O) groups is 2. The van der Waals surface area contributed by atoms with Crippen LogP contribution in [0.15, 0.2) is 0 Å². The predicted molar refractivity (Wildman–Crippen MR) is 44.8 cm³/mol. The Morgan fingerprint density at radius 1 is 1.36 bits per heavy atom. The first-order valence-electron chi connectivity index (χ1n) is 3.40. The van der Waals surface area contributed by atoms with Gasteiger partial charge in [-0.25, -0.2) is 0 Å². The van der Waals surface area contributed by atoms with Crippen molar-refractivity contribution in [1.29, 1.82) is 0 Å². The van der Waals surface area contributed by atoms with Gasteiger partial charge in [0, 0.05) is 6.42 Å². The third-order valence-electron chi connectivity index (χ3n) is 1.46. The number of aliphatic carboxylic acids is 1. The number of rotatable bonds is 5. The monoisotopic (exact) mass is 226 g/mol. The van der Waals surface area contributed by atoms with Gasteiger partial charge in [-0.3, -0.25) is 14.1 Å². The Bertz CT molecular complexity index is 336. The lowest BCUT2D eigenvalue weighted by atomic mass is 10.1.